The van der Waals surface area contributed by atoms with Gasteiger partial charge in [0.2, 0.25) is 0 Å². The highest BCUT2D eigenvalue weighted by Crippen LogP contribution is 2.44. The zero-order chi connectivity index (χ0) is 33.0. The van der Waals surface area contributed by atoms with E-state index in [9.17, 15) is 0 Å². The van der Waals surface area contributed by atoms with Gasteiger partial charge in [-0.3, -0.25) is 4.98 Å². The molecule has 0 radical (unpaired) electrons. The molecule has 0 unspecified atom stereocenters. The molecule has 5 heteroatoms. The van der Waals surface area contributed by atoms with E-state index in [0.29, 0.717) is 5.82 Å². The van der Waals surface area contributed by atoms with Crippen LogP contribution in [0.4, 0.5) is 0 Å². The molecule has 0 aliphatic rings. The number of benzene rings is 6. The maximum Gasteiger partial charge on any atom is 0.160 e. The summed E-state index contributed by atoms with van der Waals surface area (Å²) < 4.78 is 9.30. The summed E-state index contributed by atoms with van der Waals surface area (Å²) in [7, 11) is 0. The van der Waals surface area contributed by atoms with Gasteiger partial charge in [0.05, 0.1) is 17.1 Å². The van der Waals surface area contributed by atoms with E-state index in [1.807, 2.05) is 66.1 Å². The second-order valence-electron chi connectivity index (χ2n) is 12.4. The minimum atomic E-state index is 0.668. The SMILES string of the molecule is c1ccc(-c2nc(-c3cccc(-c4ccccn4)c3)cc(-c3ccc(-c4ccc5sc6ccccc6c5c4)c4oc5ccccc5c34)n2)cc1. The smallest absolute Gasteiger partial charge is 0.160 e. The number of para-hydroxylation sites is 1. The Morgan fingerprint density at radius 3 is 2.04 bits per heavy atom. The van der Waals surface area contributed by atoms with E-state index in [0.717, 1.165) is 72.4 Å². The highest BCUT2D eigenvalue weighted by Gasteiger charge is 2.20. The lowest BCUT2D eigenvalue weighted by Crippen LogP contribution is -1.96. The molecule has 4 heterocycles. The van der Waals surface area contributed by atoms with Crippen LogP contribution in [0.25, 0.3) is 98.4 Å². The fourth-order valence-electron chi connectivity index (χ4n) is 6.98. The van der Waals surface area contributed by atoms with Gasteiger partial charge in [-0.2, -0.15) is 0 Å². The van der Waals surface area contributed by atoms with Crippen LogP contribution < -0.4 is 0 Å². The third-order valence-corrected chi connectivity index (χ3v) is 10.5. The quantitative estimate of drug-likeness (QED) is 0.185. The molecule has 4 aromatic heterocycles. The van der Waals surface area contributed by atoms with Gasteiger partial charge in [0, 0.05) is 65.0 Å². The predicted molar refractivity (Wildman–Crippen MR) is 207 cm³/mol. The summed E-state index contributed by atoms with van der Waals surface area (Å²) in [6, 6.07) is 54.7. The third kappa shape index (κ3) is 4.79. The molecule has 6 aromatic carbocycles. The molecule has 50 heavy (non-hydrogen) atoms. The minimum Gasteiger partial charge on any atom is -0.455 e. The summed E-state index contributed by atoms with van der Waals surface area (Å²) >= 11 is 1.83. The Kier molecular flexibility index (Phi) is 6.64. The summed E-state index contributed by atoms with van der Waals surface area (Å²) in [5, 5.41) is 4.64. The summed E-state index contributed by atoms with van der Waals surface area (Å²) in [4.78, 5) is 14.9. The Hall–Kier alpha value is -6.43. The van der Waals surface area contributed by atoms with Gasteiger partial charge in [0.15, 0.2) is 5.82 Å². The first kappa shape index (κ1) is 28.6. The standard InChI is InChI=1S/C45H27N3OS/c1-2-11-28(12-3-1)45-47-38(31-14-10-13-30(25-31)37-17-8-9-24-46-37)27-39(48-45)34-22-21-32(44-43(34)35-16-4-6-18-40(35)49-44)29-20-23-42-36(26-29)33-15-5-7-19-41(33)50-42/h1-27H. The number of furan rings is 1. The van der Waals surface area contributed by atoms with Crippen LogP contribution in [-0.2, 0) is 0 Å². The molecule has 10 aromatic rings. The predicted octanol–water partition coefficient (Wildman–Crippen LogP) is 12.5. The molecule has 0 atom stereocenters. The van der Waals surface area contributed by atoms with Crippen LogP contribution in [0.2, 0.25) is 0 Å². The van der Waals surface area contributed by atoms with Crippen molar-refractivity contribution in [2.45, 2.75) is 0 Å². The molecule has 0 spiro atoms. The van der Waals surface area contributed by atoms with Crippen molar-refractivity contribution in [1.29, 1.82) is 0 Å². The molecule has 0 saturated heterocycles. The number of thiophene rings is 1. The Morgan fingerprint density at radius 1 is 0.440 bits per heavy atom. The van der Waals surface area contributed by atoms with Crippen LogP contribution in [-0.4, -0.2) is 15.0 Å². The summed E-state index contributed by atoms with van der Waals surface area (Å²) in [5.74, 6) is 0.668. The van der Waals surface area contributed by atoms with Gasteiger partial charge in [0.1, 0.15) is 11.2 Å². The zero-order valence-corrected chi connectivity index (χ0v) is 27.6. The monoisotopic (exact) mass is 657 g/mol. The van der Waals surface area contributed by atoms with E-state index in [-0.39, 0.29) is 0 Å². The van der Waals surface area contributed by atoms with Crippen LogP contribution >= 0.6 is 11.3 Å². The molecular formula is C45H27N3OS. The molecule has 0 N–H and O–H groups in total. The first-order chi connectivity index (χ1) is 24.8. The molecule has 0 fully saturated rings. The highest BCUT2D eigenvalue weighted by atomic mass is 32.1. The maximum absolute atomic E-state index is 6.73. The second kappa shape index (κ2) is 11.6. The Morgan fingerprint density at radius 2 is 1.16 bits per heavy atom. The maximum atomic E-state index is 6.73. The van der Waals surface area contributed by atoms with E-state index in [1.165, 1.54) is 20.2 Å². The van der Waals surface area contributed by atoms with Gasteiger partial charge in [-0.1, -0.05) is 103 Å². The fourth-order valence-corrected chi connectivity index (χ4v) is 8.07. The van der Waals surface area contributed by atoms with Gasteiger partial charge in [-0.05, 0) is 60.2 Å². The third-order valence-electron chi connectivity index (χ3n) is 9.37. The van der Waals surface area contributed by atoms with E-state index in [2.05, 4.69) is 114 Å². The molecule has 0 amide bonds. The van der Waals surface area contributed by atoms with Crippen molar-refractivity contribution < 1.29 is 4.42 Å². The number of rotatable bonds is 5. The van der Waals surface area contributed by atoms with Crippen LogP contribution in [0.3, 0.4) is 0 Å². The average Bonchev–Trinajstić information content (AvgIpc) is 3.77. The van der Waals surface area contributed by atoms with Crippen molar-refractivity contribution in [2.75, 3.05) is 0 Å². The lowest BCUT2D eigenvalue weighted by Gasteiger charge is -2.12. The van der Waals surface area contributed by atoms with Crippen molar-refractivity contribution in [3.63, 3.8) is 0 Å². The number of nitrogens with zero attached hydrogens (tertiary/aromatic N) is 3. The second-order valence-corrected chi connectivity index (χ2v) is 13.5. The van der Waals surface area contributed by atoms with Gasteiger partial charge in [0.25, 0.3) is 0 Å². The van der Waals surface area contributed by atoms with Crippen LogP contribution in [0, 0.1) is 0 Å². The Balaban J connectivity index is 1.20. The van der Waals surface area contributed by atoms with E-state index < -0.39 is 0 Å². The fraction of sp³-hybridized carbons (Fsp3) is 0. The van der Waals surface area contributed by atoms with Gasteiger partial charge < -0.3 is 4.42 Å². The van der Waals surface area contributed by atoms with E-state index in [4.69, 9.17) is 14.4 Å². The average molecular weight is 658 g/mol. The van der Waals surface area contributed by atoms with E-state index in [1.54, 1.807) is 0 Å². The highest BCUT2D eigenvalue weighted by molar-refractivity contribution is 7.25. The summed E-state index contributed by atoms with van der Waals surface area (Å²) in [5.41, 5.74) is 10.4. The van der Waals surface area contributed by atoms with Crippen molar-refractivity contribution in [1.82, 2.24) is 15.0 Å². The van der Waals surface area contributed by atoms with Gasteiger partial charge in [-0.15, -0.1) is 11.3 Å². The number of fused-ring (bicyclic) bond motifs is 6. The van der Waals surface area contributed by atoms with Crippen LogP contribution in [0.15, 0.2) is 168 Å². The summed E-state index contributed by atoms with van der Waals surface area (Å²) in [6.07, 6.45) is 1.82. The molecule has 234 valence electrons. The van der Waals surface area contributed by atoms with Gasteiger partial charge in [-0.25, -0.2) is 9.97 Å². The first-order valence-electron chi connectivity index (χ1n) is 16.6. The van der Waals surface area contributed by atoms with Gasteiger partial charge >= 0.3 is 0 Å². The number of hydrogen-bond donors (Lipinski definition) is 0. The number of aromatic nitrogens is 3. The molecule has 0 saturated carbocycles. The van der Waals surface area contributed by atoms with E-state index >= 15 is 0 Å². The zero-order valence-electron chi connectivity index (χ0n) is 26.7. The number of pyridine rings is 1. The molecular weight excluding hydrogens is 631 g/mol. The largest absolute Gasteiger partial charge is 0.455 e. The first-order valence-corrected chi connectivity index (χ1v) is 17.4. The lowest BCUT2D eigenvalue weighted by atomic mass is 9.95. The van der Waals surface area contributed by atoms with Crippen LogP contribution in [0.5, 0.6) is 0 Å². The molecule has 0 aliphatic carbocycles. The van der Waals surface area contributed by atoms with Crippen molar-refractivity contribution >= 4 is 53.4 Å². The molecule has 4 nitrogen and oxygen atoms in total. The van der Waals surface area contributed by atoms with Crippen LogP contribution in [0.1, 0.15) is 0 Å². The number of hydrogen-bond acceptors (Lipinski definition) is 5. The normalized spacial score (nSPS) is 11.6. The Labute approximate surface area is 292 Å². The Bertz CT molecular complexity index is 2870. The molecule has 0 aliphatic heterocycles. The van der Waals surface area contributed by atoms with Crippen molar-refractivity contribution in [3.05, 3.63) is 164 Å². The van der Waals surface area contributed by atoms with Crippen molar-refractivity contribution in [2.24, 2.45) is 0 Å². The van der Waals surface area contributed by atoms with Crippen molar-refractivity contribution in [3.8, 4) is 56.3 Å². The minimum absolute atomic E-state index is 0.668. The molecule has 10 rings (SSSR count). The topological polar surface area (TPSA) is 51.8 Å². The summed E-state index contributed by atoms with van der Waals surface area (Å²) in [6.45, 7) is 0. The molecule has 0 bridgehead atoms. The lowest BCUT2D eigenvalue weighted by molar-refractivity contribution is 0.670.